The Labute approximate surface area is 164 Å². The van der Waals surface area contributed by atoms with Crippen LogP contribution in [0.15, 0.2) is 42.5 Å². The molecule has 5 nitrogen and oxygen atoms in total. The third-order valence-electron chi connectivity index (χ3n) is 4.06. The molecule has 0 aliphatic carbocycles. The lowest BCUT2D eigenvalue weighted by Crippen LogP contribution is -2.31. The molecule has 27 heavy (non-hydrogen) atoms. The van der Waals surface area contributed by atoms with Crippen molar-refractivity contribution < 1.29 is 18.8 Å². The van der Waals surface area contributed by atoms with Gasteiger partial charge in [-0.1, -0.05) is 17.7 Å². The van der Waals surface area contributed by atoms with Crippen molar-refractivity contribution in [3.8, 4) is 0 Å². The number of imide groups is 1. The van der Waals surface area contributed by atoms with Gasteiger partial charge >= 0.3 is 0 Å². The molecular weight excluding hydrogens is 391 g/mol. The zero-order valence-electron chi connectivity index (χ0n) is 14.4. The summed E-state index contributed by atoms with van der Waals surface area (Å²) in [4.78, 5) is 37.8. The zero-order chi connectivity index (χ0) is 19.6. The fourth-order valence-corrected chi connectivity index (χ4v) is 3.75. The number of nitrogens with one attached hydrogen (secondary N) is 1. The molecule has 1 aliphatic heterocycles. The fourth-order valence-electron chi connectivity index (χ4n) is 2.64. The van der Waals surface area contributed by atoms with E-state index in [1.807, 2.05) is 6.92 Å². The molecule has 1 saturated heterocycles. The number of anilines is 2. The number of amides is 3. The molecule has 1 aliphatic rings. The Hall–Kier alpha value is -2.38. The van der Waals surface area contributed by atoms with Crippen LogP contribution in [0, 0.1) is 12.7 Å². The summed E-state index contributed by atoms with van der Waals surface area (Å²) in [7, 11) is 0. The van der Waals surface area contributed by atoms with E-state index in [2.05, 4.69) is 5.32 Å². The highest BCUT2D eigenvalue weighted by Crippen LogP contribution is 2.30. The van der Waals surface area contributed by atoms with E-state index in [0.29, 0.717) is 16.4 Å². The average molecular weight is 407 g/mol. The van der Waals surface area contributed by atoms with Crippen LogP contribution < -0.4 is 10.2 Å². The molecule has 140 valence electrons. The van der Waals surface area contributed by atoms with Crippen LogP contribution in [0.4, 0.5) is 15.8 Å². The standard InChI is InChI=1S/C19H16ClFN2O3S/c1-11-2-5-13(8-15(11)20)22-17(24)10-27-16-9-18(25)23(19(16)26)14-6-3-12(21)4-7-14/h2-8,16H,9-10H2,1H3,(H,22,24)/t16-/m0/s1. The molecule has 1 fully saturated rings. The maximum Gasteiger partial charge on any atom is 0.247 e. The van der Waals surface area contributed by atoms with Gasteiger partial charge in [0.05, 0.1) is 16.7 Å². The van der Waals surface area contributed by atoms with E-state index in [-0.39, 0.29) is 24.0 Å². The van der Waals surface area contributed by atoms with Crippen molar-refractivity contribution >= 4 is 52.5 Å². The summed E-state index contributed by atoms with van der Waals surface area (Å²) >= 11 is 7.13. The number of carbonyl (C=O) groups excluding carboxylic acids is 3. The van der Waals surface area contributed by atoms with E-state index in [1.54, 1.807) is 18.2 Å². The van der Waals surface area contributed by atoms with E-state index >= 15 is 0 Å². The van der Waals surface area contributed by atoms with Crippen molar-refractivity contribution in [1.82, 2.24) is 0 Å². The van der Waals surface area contributed by atoms with Gasteiger partial charge in [0.1, 0.15) is 5.82 Å². The van der Waals surface area contributed by atoms with Crippen molar-refractivity contribution in [3.05, 3.63) is 58.9 Å². The maximum absolute atomic E-state index is 13.0. The van der Waals surface area contributed by atoms with Crippen molar-refractivity contribution in [1.29, 1.82) is 0 Å². The zero-order valence-corrected chi connectivity index (χ0v) is 15.9. The number of rotatable bonds is 5. The van der Waals surface area contributed by atoms with Gasteiger partial charge in [0, 0.05) is 17.1 Å². The average Bonchev–Trinajstić information content (AvgIpc) is 2.91. The lowest BCUT2D eigenvalue weighted by molar-refractivity contribution is -0.121. The number of thioether (sulfide) groups is 1. The van der Waals surface area contributed by atoms with Crippen LogP contribution in [0.25, 0.3) is 0 Å². The normalized spacial score (nSPS) is 16.7. The number of hydrogen-bond acceptors (Lipinski definition) is 4. The molecule has 2 aromatic rings. The summed E-state index contributed by atoms with van der Waals surface area (Å²) in [5.41, 5.74) is 1.80. The third kappa shape index (κ3) is 4.48. The van der Waals surface area contributed by atoms with Gasteiger partial charge in [0.25, 0.3) is 0 Å². The monoisotopic (exact) mass is 406 g/mol. The predicted molar refractivity (Wildman–Crippen MR) is 105 cm³/mol. The molecule has 0 unspecified atom stereocenters. The van der Waals surface area contributed by atoms with Crippen LogP contribution in [0.5, 0.6) is 0 Å². The second-order valence-corrected chi connectivity index (χ2v) is 7.66. The first kappa shape index (κ1) is 19.4. The van der Waals surface area contributed by atoms with Crippen molar-refractivity contribution in [2.75, 3.05) is 16.0 Å². The Kier molecular flexibility index (Phi) is 5.82. The molecule has 1 N–H and O–H groups in total. The first-order chi connectivity index (χ1) is 12.8. The Morgan fingerprint density at radius 3 is 2.63 bits per heavy atom. The molecule has 0 saturated carbocycles. The maximum atomic E-state index is 13.0. The summed E-state index contributed by atoms with van der Waals surface area (Å²) in [6.45, 7) is 1.86. The van der Waals surface area contributed by atoms with E-state index in [4.69, 9.17) is 11.6 Å². The van der Waals surface area contributed by atoms with Gasteiger partial charge in [-0.3, -0.25) is 14.4 Å². The predicted octanol–water partition coefficient (Wildman–Crippen LogP) is 3.79. The first-order valence-electron chi connectivity index (χ1n) is 8.15. The topological polar surface area (TPSA) is 66.5 Å². The number of nitrogens with zero attached hydrogens (tertiary/aromatic N) is 1. The van der Waals surface area contributed by atoms with Gasteiger partial charge in [-0.15, -0.1) is 11.8 Å². The SMILES string of the molecule is Cc1ccc(NC(=O)CS[C@H]2CC(=O)N(c3ccc(F)cc3)C2=O)cc1Cl. The number of aryl methyl sites for hydroxylation is 1. The van der Waals surface area contributed by atoms with Crippen LogP contribution in [-0.4, -0.2) is 28.7 Å². The largest absolute Gasteiger partial charge is 0.325 e. The van der Waals surface area contributed by atoms with E-state index in [1.165, 1.54) is 24.3 Å². The lowest BCUT2D eigenvalue weighted by Gasteiger charge is -2.14. The lowest BCUT2D eigenvalue weighted by atomic mass is 10.2. The van der Waals surface area contributed by atoms with E-state index in [9.17, 15) is 18.8 Å². The molecule has 1 atom stereocenters. The summed E-state index contributed by atoms with van der Waals surface area (Å²) < 4.78 is 13.0. The van der Waals surface area contributed by atoms with E-state index in [0.717, 1.165) is 22.2 Å². The number of benzene rings is 2. The Morgan fingerprint density at radius 1 is 1.26 bits per heavy atom. The van der Waals surface area contributed by atoms with Gasteiger partial charge in [-0.2, -0.15) is 0 Å². The molecule has 3 rings (SSSR count). The van der Waals surface area contributed by atoms with Gasteiger partial charge < -0.3 is 5.32 Å². The van der Waals surface area contributed by atoms with Crippen LogP contribution in [0.3, 0.4) is 0 Å². The quantitative estimate of drug-likeness (QED) is 0.767. The highest BCUT2D eigenvalue weighted by Gasteiger charge is 2.40. The minimum Gasteiger partial charge on any atom is -0.325 e. The molecule has 3 amide bonds. The second-order valence-electron chi connectivity index (χ2n) is 6.06. The summed E-state index contributed by atoms with van der Waals surface area (Å²) in [6.07, 6.45) is 0.00448. The van der Waals surface area contributed by atoms with Crippen molar-refractivity contribution in [3.63, 3.8) is 0 Å². The summed E-state index contributed by atoms with van der Waals surface area (Å²) in [5.74, 6) is -1.48. The summed E-state index contributed by atoms with van der Waals surface area (Å²) in [6, 6.07) is 10.3. The molecule has 0 radical (unpaired) electrons. The fraction of sp³-hybridized carbons (Fsp3) is 0.211. The van der Waals surface area contributed by atoms with Gasteiger partial charge in [-0.05, 0) is 48.9 Å². The molecule has 0 bridgehead atoms. The number of hydrogen-bond donors (Lipinski definition) is 1. The van der Waals surface area contributed by atoms with Crippen molar-refractivity contribution in [2.24, 2.45) is 0 Å². The smallest absolute Gasteiger partial charge is 0.247 e. The Balaban J connectivity index is 1.58. The van der Waals surface area contributed by atoms with Crippen LogP contribution >= 0.6 is 23.4 Å². The van der Waals surface area contributed by atoms with Gasteiger partial charge in [-0.25, -0.2) is 9.29 Å². The Bertz CT molecular complexity index is 904. The van der Waals surface area contributed by atoms with Gasteiger partial charge in [0.2, 0.25) is 17.7 Å². The van der Waals surface area contributed by atoms with Crippen LogP contribution in [-0.2, 0) is 14.4 Å². The molecule has 0 aromatic heterocycles. The van der Waals surface area contributed by atoms with Crippen LogP contribution in [0.2, 0.25) is 5.02 Å². The second kappa shape index (κ2) is 8.10. The summed E-state index contributed by atoms with van der Waals surface area (Å²) in [5, 5.41) is 2.62. The minimum atomic E-state index is -0.644. The van der Waals surface area contributed by atoms with Crippen LogP contribution in [0.1, 0.15) is 12.0 Å². The first-order valence-corrected chi connectivity index (χ1v) is 9.58. The van der Waals surface area contributed by atoms with E-state index < -0.39 is 17.0 Å². The third-order valence-corrected chi connectivity index (χ3v) is 5.67. The van der Waals surface area contributed by atoms with Crippen molar-refractivity contribution in [2.45, 2.75) is 18.6 Å². The number of carbonyl (C=O) groups is 3. The molecule has 8 heteroatoms. The molecular formula is C19H16ClFN2O3S. The number of halogens is 2. The molecule has 0 spiro atoms. The molecule has 2 aromatic carbocycles. The molecule has 1 heterocycles. The minimum absolute atomic E-state index is 0.00448. The highest BCUT2D eigenvalue weighted by atomic mass is 35.5. The van der Waals surface area contributed by atoms with Gasteiger partial charge in [0.15, 0.2) is 0 Å². The Morgan fingerprint density at radius 2 is 1.96 bits per heavy atom. The highest BCUT2D eigenvalue weighted by molar-refractivity contribution is 8.01.